The van der Waals surface area contributed by atoms with E-state index in [9.17, 15) is 15.8 Å². The zero-order chi connectivity index (χ0) is 38.5. The number of hydrogen-bond acceptors (Lipinski definition) is 7. The van der Waals surface area contributed by atoms with E-state index in [1.54, 1.807) is 35.6 Å². The average Bonchev–Trinajstić information content (AvgIpc) is 3.82. The van der Waals surface area contributed by atoms with Crippen molar-refractivity contribution in [3.05, 3.63) is 161 Å². The summed E-state index contributed by atoms with van der Waals surface area (Å²) in [6.07, 6.45) is 4.86. The van der Waals surface area contributed by atoms with Gasteiger partial charge >= 0.3 is 0 Å². The minimum Gasteiger partial charge on any atom is -0.208 e. The summed E-state index contributed by atoms with van der Waals surface area (Å²) in [4.78, 5) is 15.4. The molecule has 2 aliphatic rings. The number of aromatic nitrogens is 3. The maximum absolute atomic E-state index is 10.1. The predicted molar refractivity (Wildman–Crippen MR) is 226 cm³/mol. The molecule has 7 heteroatoms. The number of benzene rings is 6. The van der Waals surface area contributed by atoms with Crippen molar-refractivity contribution in [3.63, 3.8) is 0 Å². The van der Waals surface area contributed by atoms with Gasteiger partial charge in [0.2, 0.25) is 0 Å². The van der Waals surface area contributed by atoms with Gasteiger partial charge in [-0.1, -0.05) is 78.9 Å². The average molecular weight is 751 g/mol. The highest BCUT2D eigenvalue weighted by atomic mass is 32.1. The zero-order valence-electron chi connectivity index (χ0n) is 30.9. The molecule has 0 spiro atoms. The maximum atomic E-state index is 10.1. The Morgan fingerprint density at radius 2 is 1.07 bits per heavy atom. The van der Waals surface area contributed by atoms with Crippen molar-refractivity contribution < 1.29 is 0 Å². The largest absolute Gasteiger partial charge is 0.208 e. The minimum absolute atomic E-state index is 0.498. The van der Waals surface area contributed by atoms with E-state index in [1.165, 1.54) is 53.0 Å². The Labute approximate surface area is 335 Å². The summed E-state index contributed by atoms with van der Waals surface area (Å²) < 4.78 is 1.15. The number of rotatable bonds is 6. The summed E-state index contributed by atoms with van der Waals surface area (Å²) in [6, 6.07) is 52.1. The van der Waals surface area contributed by atoms with E-state index in [2.05, 4.69) is 103 Å². The molecular weight excluding hydrogens is 717 g/mol. The van der Waals surface area contributed by atoms with Crippen LogP contribution in [0.2, 0.25) is 0 Å². The molecule has 4 unspecified atom stereocenters. The quantitative estimate of drug-likeness (QED) is 0.167. The van der Waals surface area contributed by atoms with E-state index in [1.807, 2.05) is 24.3 Å². The molecule has 4 atom stereocenters. The van der Waals surface area contributed by atoms with Crippen molar-refractivity contribution in [1.82, 2.24) is 15.0 Å². The van der Waals surface area contributed by atoms with Crippen molar-refractivity contribution in [1.29, 1.82) is 15.8 Å². The minimum atomic E-state index is 0.498. The molecule has 0 amide bonds. The Balaban J connectivity index is 0.904. The molecule has 6 aromatic carbocycles. The topological polar surface area (TPSA) is 110 Å². The zero-order valence-corrected chi connectivity index (χ0v) is 31.7. The van der Waals surface area contributed by atoms with Crippen LogP contribution in [0.25, 0.3) is 66.1 Å². The summed E-state index contributed by atoms with van der Waals surface area (Å²) in [5.41, 5.74) is 8.60. The van der Waals surface area contributed by atoms with Gasteiger partial charge in [-0.15, -0.1) is 11.3 Å². The van der Waals surface area contributed by atoms with Gasteiger partial charge in [0.15, 0.2) is 17.5 Å². The van der Waals surface area contributed by atoms with Crippen LogP contribution in [0.4, 0.5) is 0 Å². The lowest BCUT2D eigenvalue weighted by Crippen LogP contribution is -2.16. The number of fused-ring (bicyclic) bond motifs is 5. The first-order valence-corrected chi connectivity index (χ1v) is 20.2. The maximum Gasteiger partial charge on any atom is 0.164 e. The second-order valence-corrected chi connectivity index (χ2v) is 16.4. The number of nitriles is 3. The first kappa shape index (κ1) is 34.5. The molecule has 10 rings (SSSR count). The van der Waals surface area contributed by atoms with Gasteiger partial charge in [-0.2, -0.15) is 15.8 Å². The predicted octanol–water partition coefficient (Wildman–Crippen LogP) is 12.2. The Morgan fingerprint density at radius 1 is 0.509 bits per heavy atom. The van der Waals surface area contributed by atoms with Gasteiger partial charge < -0.3 is 0 Å². The highest BCUT2D eigenvalue weighted by Crippen LogP contribution is 2.55. The van der Waals surface area contributed by atoms with Crippen LogP contribution in [0.15, 0.2) is 133 Å². The highest BCUT2D eigenvalue weighted by molar-refractivity contribution is 7.20. The summed E-state index contributed by atoms with van der Waals surface area (Å²) >= 11 is 1.59. The molecule has 57 heavy (non-hydrogen) atoms. The van der Waals surface area contributed by atoms with Crippen molar-refractivity contribution in [2.24, 2.45) is 11.8 Å². The van der Waals surface area contributed by atoms with Crippen molar-refractivity contribution in [3.8, 4) is 63.5 Å². The first-order chi connectivity index (χ1) is 28.0. The Bertz CT molecular complexity index is 2870. The molecule has 2 bridgehead atoms. The molecule has 0 aliphatic heterocycles. The number of nitrogens with zero attached hydrogens (tertiary/aromatic N) is 6. The number of thiophene rings is 1. The molecule has 2 fully saturated rings. The van der Waals surface area contributed by atoms with Crippen molar-refractivity contribution >= 4 is 32.2 Å². The summed E-state index contributed by atoms with van der Waals surface area (Å²) in [5, 5.41) is 32.4. The van der Waals surface area contributed by atoms with E-state index >= 15 is 0 Å². The Hall–Kier alpha value is -6.98. The lowest BCUT2D eigenvalue weighted by atomic mass is 9.75. The van der Waals surface area contributed by atoms with Crippen molar-refractivity contribution in [2.75, 3.05) is 0 Å². The third-order valence-electron chi connectivity index (χ3n) is 12.1. The van der Waals surface area contributed by atoms with Crippen LogP contribution >= 0.6 is 11.3 Å². The van der Waals surface area contributed by atoms with Gasteiger partial charge in [-0.25, -0.2) is 15.0 Å². The lowest BCUT2D eigenvalue weighted by molar-refractivity contribution is 0.312. The van der Waals surface area contributed by atoms with E-state index in [0.717, 1.165) is 37.4 Å². The van der Waals surface area contributed by atoms with E-state index in [4.69, 9.17) is 15.0 Å². The van der Waals surface area contributed by atoms with Crippen LogP contribution in [0, 0.1) is 45.8 Å². The van der Waals surface area contributed by atoms with Crippen LogP contribution in [0.5, 0.6) is 0 Å². The normalized spacial score (nSPS) is 18.5. The van der Waals surface area contributed by atoms with E-state index in [-0.39, 0.29) is 0 Å². The molecule has 2 heterocycles. The van der Waals surface area contributed by atoms with Gasteiger partial charge in [0.25, 0.3) is 0 Å². The fraction of sp³-hybridized carbons (Fsp3) is 0.160. The van der Waals surface area contributed by atoms with E-state index < -0.39 is 0 Å². The van der Waals surface area contributed by atoms with Crippen LogP contribution in [-0.2, 0) is 0 Å². The molecule has 0 saturated heterocycles. The van der Waals surface area contributed by atoms with Gasteiger partial charge in [0.05, 0.1) is 23.3 Å². The molecule has 2 aliphatic carbocycles. The molecule has 0 radical (unpaired) electrons. The van der Waals surface area contributed by atoms with Crippen LogP contribution in [-0.4, -0.2) is 15.0 Å². The standard InChI is InChI=1S/C50H34N6S/c51-27-30-5-9-37(10-6-30)48-54-49(38-11-7-31(28-52)8-12-38)56-50(55-48)39-19-13-33(14-20-39)40-23-32-24-41(26-40)43(25-32)35-15-17-36(18-16-35)46-45(29-53)57-44-22-21-34-3-1-2-4-42(34)47(44)46/h1-22,32,40-41,43H,23-26H2. The van der Waals surface area contributed by atoms with Crippen LogP contribution in [0.3, 0.4) is 0 Å². The second-order valence-electron chi connectivity index (χ2n) is 15.4. The smallest absolute Gasteiger partial charge is 0.164 e. The molecular formula is C50H34N6S. The summed E-state index contributed by atoms with van der Waals surface area (Å²) in [6.45, 7) is 0. The Morgan fingerprint density at radius 3 is 1.67 bits per heavy atom. The fourth-order valence-electron chi connectivity index (χ4n) is 9.41. The molecule has 2 saturated carbocycles. The van der Waals surface area contributed by atoms with E-state index in [0.29, 0.717) is 52.3 Å². The van der Waals surface area contributed by atoms with Crippen LogP contribution < -0.4 is 0 Å². The fourth-order valence-corrected chi connectivity index (χ4v) is 10.5. The van der Waals surface area contributed by atoms with Gasteiger partial charge in [-0.05, 0) is 131 Å². The van der Waals surface area contributed by atoms with Gasteiger partial charge in [-0.3, -0.25) is 0 Å². The SMILES string of the molecule is N#Cc1ccc(-c2nc(-c3ccc(C#N)cc3)nc(-c3ccc(C4CC5CC(C4)C(c4ccc(-c6c(C#N)sc7ccc8ccccc8c67)cc4)C5)cc3)n2)cc1. The second kappa shape index (κ2) is 14.3. The molecule has 2 aromatic heterocycles. The third kappa shape index (κ3) is 6.31. The molecule has 8 aromatic rings. The number of hydrogen-bond donors (Lipinski definition) is 0. The summed E-state index contributed by atoms with van der Waals surface area (Å²) in [7, 11) is 0. The first-order valence-electron chi connectivity index (χ1n) is 19.4. The monoisotopic (exact) mass is 750 g/mol. The van der Waals surface area contributed by atoms with Crippen molar-refractivity contribution in [2.45, 2.75) is 37.5 Å². The summed E-state index contributed by atoms with van der Waals surface area (Å²) in [5.74, 6) is 4.00. The van der Waals surface area contributed by atoms with Gasteiger partial charge in [0.1, 0.15) is 10.9 Å². The van der Waals surface area contributed by atoms with Gasteiger partial charge in [0, 0.05) is 32.3 Å². The lowest BCUT2D eigenvalue weighted by Gasteiger charge is -2.29. The Kier molecular flexibility index (Phi) is 8.63. The highest BCUT2D eigenvalue weighted by Gasteiger charge is 2.41. The molecule has 0 N–H and O–H groups in total. The third-order valence-corrected chi connectivity index (χ3v) is 13.2. The molecule has 270 valence electrons. The molecule has 6 nitrogen and oxygen atoms in total. The van der Waals surface area contributed by atoms with Crippen LogP contribution in [0.1, 0.15) is 64.7 Å².